The molecule has 86 valence electrons. The normalized spacial score (nSPS) is 28.7. The third-order valence-electron chi connectivity index (χ3n) is 3.24. The molecule has 0 amide bonds. The number of ether oxygens (including phenoxy) is 1. The first-order chi connectivity index (χ1) is 7.84. The predicted molar refractivity (Wildman–Crippen MR) is 65.3 cm³/mol. The maximum Gasteiger partial charge on any atom is 0.174 e. The summed E-state index contributed by atoms with van der Waals surface area (Å²) in [7, 11) is 0. The molecule has 0 aliphatic carbocycles. The van der Waals surface area contributed by atoms with Gasteiger partial charge in [-0.1, -0.05) is 23.7 Å². The Morgan fingerprint density at radius 1 is 1.38 bits per heavy atom. The Labute approximate surface area is 100 Å². The minimum Gasteiger partial charge on any atom is -0.472 e. The summed E-state index contributed by atoms with van der Waals surface area (Å²) in [5, 5.41) is 3.41. The Balaban J connectivity index is 2.01. The van der Waals surface area contributed by atoms with Crippen LogP contribution in [0, 0.1) is 0 Å². The molecule has 1 saturated heterocycles. The Bertz CT molecular complexity index is 385. The van der Waals surface area contributed by atoms with Gasteiger partial charge in [-0.3, -0.25) is 0 Å². The number of piperazine rings is 1. The van der Waals surface area contributed by atoms with Crippen LogP contribution in [0.15, 0.2) is 24.3 Å². The minimum absolute atomic E-state index is 0.226. The maximum atomic E-state index is 6.19. The summed E-state index contributed by atoms with van der Waals surface area (Å²) in [5.74, 6) is 0.909. The number of para-hydroxylation sites is 2. The molecule has 2 aliphatic rings. The highest BCUT2D eigenvalue weighted by molar-refractivity contribution is 6.20. The third kappa shape index (κ3) is 1.74. The summed E-state index contributed by atoms with van der Waals surface area (Å²) in [4.78, 5) is 2.41. The molecule has 4 heteroatoms. The summed E-state index contributed by atoms with van der Waals surface area (Å²) >= 11 is 6.19. The molecule has 3 rings (SSSR count). The van der Waals surface area contributed by atoms with E-state index in [1.165, 1.54) is 5.69 Å². The van der Waals surface area contributed by atoms with Gasteiger partial charge < -0.3 is 15.0 Å². The highest BCUT2D eigenvalue weighted by Gasteiger charge is 2.30. The van der Waals surface area contributed by atoms with Crippen LogP contribution in [0.3, 0.4) is 0 Å². The van der Waals surface area contributed by atoms with Crippen molar-refractivity contribution in [3.05, 3.63) is 24.3 Å². The van der Waals surface area contributed by atoms with Crippen molar-refractivity contribution in [2.24, 2.45) is 0 Å². The number of halogens is 1. The summed E-state index contributed by atoms with van der Waals surface area (Å²) in [6.45, 7) is 3.04. The summed E-state index contributed by atoms with van der Waals surface area (Å²) in [5.41, 5.74) is 0.952. The van der Waals surface area contributed by atoms with Crippen LogP contribution in [0.5, 0.6) is 5.75 Å². The van der Waals surface area contributed by atoms with Crippen molar-refractivity contribution in [1.29, 1.82) is 0 Å². The van der Waals surface area contributed by atoms with Gasteiger partial charge in [0, 0.05) is 32.1 Å². The minimum atomic E-state index is -0.226. The Morgan fingerprint density at radius 2 is 2.25 bits per heavy atom. The van der Waals surface area contributed by atoms with Crippen LogP contribution in [0.1, 0.15) is 6.42 Å². The number of hydrogen-bond donors (Lipinski definition) is 1. The van der Waals surface area contributed by atoms with Gasteiger partial charge in [-0.2, -0.15) is 0 Å². The lowest BCUT2D eigenvalue weighted by atomic mass is 10.1. The van der Waals surface area contributed by atoms with Gasteiger partial charge in [0.25, 0.3) is 0 Å². The van der Waals surface area contributed by atoms with E-state index in [1.807, 2.05) is 12.1 Å². The zero-order chi connectivity index (χ0) is 11.0. The molecule has 2 atom stereocenters. The second kappa shape index (κ2) is 4.15. The number of hydrogen-bond acceptors (Lipinski definition) is 3. The first-order valence-corrected chi connectivity index (χ1v) is 6.15. The quantitative estimate of drug-likeness (QED) is 0.698. The summed E-state index contributed by atoms with van der Waals surface area (Å²) in [6.07, 6.45) is 0.864. The molecule has 0 radical (unpaired) electrons. The highest BCUT2D eigenvalue weighted by atomic mass is 35.5. The molecule has 1 N–H and O–H groups in total. The number of nitrogens with one attached hydrogen (secondary N) is 1. The number of rotatable bonds is 0. The number of anilines is 1. The van der Waals surface area contributed by atoms with Gasteiger partial charge in [0.1, 0.15) is 5.75 Å². The van der Waals surface area contributed by atoms with E-state index in [2.05, 4.69) is 22.3 Å². The van der Waals surface area contributed by atoms with E-state index >= 15 is 0 Å². The van der Waals surface area contributed by atoms with Gasteiger partial charge in [0.15, 0.2) is 5.56 Å². The van der Waals surface area contributed by atoms with Crippen LogP contribution in [0.2, 0.25) is 0 Å². The lowest BCUT2D eigenvalue weighted by Gasteiger charge is -2.36. The number of fused-ring (bicyclic) bond motifs is 3. The van der Waals surface area contributed by atoms with Crippen LogP contribution in [-0.4, -0.2) is 31.2 Å². The first kappa shape index (κ1) is 10.2. The third-order valence-corrected chi connectivity index (χ3v) is 3.50. The fourth-order valence-corrected chi connectivity index (χ4v) is 2.78. The van der Waals surface area contributed by atoms with Crippen molar-refractivity contribution in [3.8, 4) is 5.75 Å². The highest BCUT2D eigenvalue weighted by Crippen LogP contribution is 2.35. The summed E-state index contributed by atoms with van der Waals surface area (Å²) < 4.78 is 5.74. The van der Waals surface area contributed by atoms with Gasteiger partial charge in [-0.15, -0.1) is 0 Å². The molecule has 1 unspecified atom stereocenters. The van der Waals surface area contributed by atoms with E-state index in [9.17, 15) is 0 Å². The smallest absolute Gasteiger partial charge is 0.174 e. The van der Waals surface area contributed by atoms with Crippen molar-refractivity contribution in [3.63, 3.8) is 0 Å². The Kier molecular flexibility index (Phi) is 2.65. The van der Waals surface area contributed by atoms with E-state index < -0.39 is 0 Å². The SMILES string of the molecule is ClC1C[C@H]2CNCCN2c2ccccc2O1. The van der Waals surface area contributed by atoms with Gasteiger partial charge in [-0.25, -0.2) is 0 Å². The lowest BCUT2D eigenvalue weighted by Crippen LogP contribution is -2.51. The largest absolute Gasteiger partial charge is 0.472 e. The molecule has 1 aromatic carbocycles. The van der Waals surface area contributed by atoms with E-state index in [-0.39, 0.29) is 5.56 Å². The average Bonchev–Trinajstić information content (AvgIpc) is 2.44. The van der Waals surface area contributed by atoms with Crippen molar-refractivity contribution in [2.45, 2.75) is 18.0 Å². The van der Waals surface area contributed by atoms with Gasteiger partial charge in [0.2, 0.25) is 0 Å². The fourth-order valence-electron chi connectivity index (χ4n) is 2.48. The molecule has 0 saturated carbocycles. The molecule has 2 aliphatic heterocycles. The van der Waals surface area contributed by atoms with Gasteiger partial charge >= 0.3 is 0 Å². The molecule has 2 heterocycles. The Hall–Kier alpha value is -0.930. The molecular weight excluding hydrogens is 224 g/mol. The van der Waals surface area contributed by atoms with E-state index in [4.69, 9.17) is 16.3 Å². The molecule has 0 bridgehead atoms. The van der Waals surface area contributed by atoms with Crippen molar-refractivity contribution in [2.75, 3.05) is 24.5 Å². The van der Waals surface area contributed by atoms with Gasteiger partial charge in [-0.05, 0) is 12.1 Å². The molecule has 16 heavy (non-hydrogen) atoms. The molecular formula is C12H15ClN2O. The number of alkyl halides is 1. The van der Waals surface area contributed by atoms with Crippen LogP contribution < -0.4 is 15.0 Å². The summed E-state index contributed by atoms with van der Waals surface area (Å²) in [6, 6.07) is 8.60. The van der Waals surface area contributed by atoms with Crippen molar-refractivity contribution in [1.82, 2.24) is 5.32 Å². The first-order valence-electron chi connectivity index (χ1n) is 5.72. The lowest BCUT2D eigenvalue weighted by molar-refractivity contribution is 0.265. The van der Waals surface area contributed by atoms with E-state index in [0.717, 1.165) is 31.8 Å². The molecule has 1 aromatic rings. The predicted octanol–water partition coefficient (Wildman–Crippen LogP) is 1.81. The van der Waals surface area contributed by atoms with Crippen molar-refractivity contribution >= 4 is 17.3 Å². The van der Waals surface area contributed by atoms with E-state index in [1.54, 1.807) is 0 Å². The maximum absolute atomic E-state index is 6.19. The second-order valence-electron chi connectivity index (χ2n) is 4.28. The van der Waals surface area contributed by atoms with Crippen LogP contribution in [0.4, 0.5) is 5.69 Å². The average molecular weight is 239 g/mol. The molecule has 0 spiro atoms. The van der Waals surface area contributed by atoms with Crippen molar-refractivity contribution < 1.29 is 4.74 Å². The van der Waals surface area contributed by atoms with Crippen LogP contribution >= 0.6 is 11.6 Å². The second-order valence-corrected chi connectivity index (χ2v) is 4.77. The fraction of sp³-hybridized carbons (Fsp3) is 0.500. The van der Waals surface area contributed by atoms with E-state index in [0.29, 0.717) is 6.04 Å². The molecule has 1 fully saturated rings. The Morgan fingerprint density at radius 3 is 3.19 bits per heavy atom. The molecule has 3 nitrogen and oxygen atoms in total. The van der Waals surface area contributed by atoms with Crippen LogP contribution in [-0.2, 0) is 0 Å². The standard InChI is InChI=1S/C12H15ClN2O/c13-12-7-9-8-14-5-6-15(9)10-3-1-2-4-11(10)16-12/h1-4,9,12,14H,5-8H2/t9-,12?/m0/s1. The zero-order valence-electron chi connectivity index (χ0n) is 9.03. The topological polar surface area (TPSA) is 24.5 Å². The number of nitrogens with zero attached hydrogens (tertiary/aromatic N) is 1. The monoisotopic (exact) mass is 238 g/mol. The number of benzene rings is 1. The van der Waals surface area contributed by atoms with Crippen LogP contribution in [0.25, 0.3) is 0 Å². The van der Waals surface area contributed by atoms with Gasteiger partial charge in [0.05, 0.1) is 5.69 Å². The zero-order valence-corrected chi connectivity index (χ0v) is 9.78. The molecule has 0 aromatic heterocycles.